The van der Waals surface area contributed by atoms with Crippen LogP contribution in [0, 0.1) is 0 Å². The summed E-state index contributed by atoms with van der Waals surface area (Å²) in [7, 11) is 0. The Morgan fingerprint density at radius 1 is 1.33 bits per heavy atom. The summed E-state index contributed by atoms with van der Waals surface area (Å²) < 4.78 is 0. The molecule has 3 nitrogen and oxygen atoms in total. The number of unbranched alkanes of at least 4 members (excludes halogenated alkanes) is 3. The molecule has 9 heavy (non-hydrogen) atoms. The lowest BCUT2D eigenvalue weighted by Crippen LogP contribution is -1.78. The summed E-state index contributed by atoms with van der Waals surface area (Å²) in [6, 6.07) is 0. The van der Waals surface area contributed by atoms with Gasteiger partial charge in [0.1, 0.15) is 0 Å². The largest absolute Gasteiger partial charge is 0.0940 e. The average molecular weight is 127 g/mol. The molecule has 52 valence electrons. The zero-order valence-electron chi connectivity index (χ0n) is 5.88. The van der Waals surface area contributed by atoms with Gasteiger partial charge in [0.05, 0.1) is 0 Å². The summed E-state index contributed by atoms with van der Waals surface area (Å²) in [6.07, 6.45) is 4.71. The van der Waals surface area contributed by atoms with Gasteiger partial charge >= 0.3 is 0 Å². The summed E-state index contributed by atoms with van der Waals surface area (Å²) >= 11 is 0. The van der Waals surface area contributed by atoms with Crippen molar-refractivity contribution in [2.24, 2.45) is 5.11 Å². The van der Waals surface area contributed by atoms with E-state index >= 15 is 0 Å². The van der Waals surface area contributed by atoms with Gasteiger partial charge in [-0.15, -0.1) is 0 Å². The quantitative estimate of drug-likeness (QED) is 0.236. The first-order valence-electron chi connectivity index (χ1n) is 3.42. The molecule has 0 N–H and O–H groups in total. The first kappa shape index (κ1) is 8.31. The first-order chi connectivity index (χ1) is 4.41. The second-order valence-corrected chi connectivity index (χ2v) is 2.02. The highest BCUT2D eigenvalue weighted by Crippen LogP contribution is 1.98. The lowest BCUT2D eigenvalue weighted by Gasteiger charge is -1.91. The van der Waals surface area contributed by atoms with E-state index in [1.807, 2.05) is 0 Å². The molecule has 0 aliphatic rings. The van der Waals surface area contributed by atoms with E-state index in [1.165, 1.54) is 19.3 Å². The van der Waals surface area contributed by atoms with Crippen LogP contribution in [0.4, 0.5) is 0 Å². The maximum Gasteiger partial charge on any atom is 0.0257 e. The fourth-order valence-electron chi connectivity index (χ4n) is 0.654. The standard InChI is InChI=1S/C6H13N3/c1-2-3-4-5-6-8-9-7/h2-6H2,1H3. The Hall–Kier alpha value is -0.690. The SMILES string of the molecule is CCCCCCN=[N+]=[N-]. The summed E-state index contributed by atoms with van der Waals surface area (Å²) in [5.74, 6) is 0. The van der Waals surface area contributed by atoms with Crippen LogP contribution < -0.4 is 0 Å². The first-order valence-corrected chi connectivity index (χ1v) is 3.42. The Bertz CT molecular complexity index is 94.5. The highest BCUT2D eigenvalue weighted by atomic mass is 15.1. The fourth-order valence-corrected chi connectivity index (χ4v) is 0.654. The van der Waals surface area contributed by atoms with Crippen LogP contribution in [0.2, 0.25) is 0 Å². The molecule has 0 amide bonds. The monoisotopic (exact) mass is 127 g/mol. The number of hydrogen-bond donors (Lipinski definition) is 0. The average Bonchev–Trinajstić information content (AvgIpc) is 1.89. The molecule has 0 radical (unpaired) electrons. The van der Waals surface area contributed by atoms with Crippen molar-refractivity contribution >= 4 is 0 Å². The third-order valence-electron chi connectivity index (χ3n) is 1.17. The van der Waals surface area contributed by atoms with Crippen molar-refractivity contribution in [1.29, 1.82) is 0 Å². The smallest absolute Gasteiger partial charge is 0.0257 e. The van der Waals surface area contributed by atoms with Crippen LogP contribution in [-0.2, 0) is 0 Å². The molecular formula is C6H13N3. The number of nitrogens with zero attached hydrogens (tertiary/aromatic N) is 3. The van der Waals surface area contributed by atoms with Crippen molar-refractivity contribution in [3.8, 4) is 0 Å². The van der Waals surface area contributed by atoms with Crippen LogP contribution in [-0.4, -0.2) is 6.54 Å². The van der Waals surface area contributed by atoms with Crippen molar-refractivity contribution in [1.82, 2.24) is 0 Å². The minimum atomic E-state index is 0.663. The van der Waals surface area contributed by atoms with Gasteiger partial charge in [0.2, 0.25) is 0 Å². The summed E-state index contributed by atoms with van der Waals surface area (Å²) in [5.41, 5.74) is 7.88. The number of azide groups is 1. The van der Waals surface area contributed by atoms with E-state index in [4.69, 9.17) is 5.53 Å². The number of rotatable bonds is 5. The highest BCUT2D eigenvalue weighted by molar-refractivity contribution is 4.46. The Kier molecular flexibility index (Phi) is 6.75. The van der Waals surface area contributed by atoms with Gasteiger partial charge < -0.3 is 0 Å². The molecular weight excluding hydrogens is 114 g/mol. The van der Waals surface area contributed by atoms with Crippen LogP contribution in [0.25, 0.3) is 10.4 Å². The third kappa shape index (κ3) is 7.31. The van der Waals surface area contributed by atoms with E-state index < -0.39 is 0 Å². The zero-order valence-corrected chi connectivity index (χ0v) is 5.88. The molecule has 0 aromatic heterocycles. The normalized spacial score (nSPS) is 8.56. The highest BCUT2D eigenvalue weighted by Gasteiger charge is 1.82. The molecule has 0 rings (SSSR count). The summed E-state index contributed by atoms with van der Waals surface area (Å²) in [5, 5.41) is 3.42. The topological polar surface area (TPSA) is 48.8 Å². The molecule has 0 aromatic carbocycles. The molecule has 0 saturated heterocycles. The molecule has 0 spiro atoms. The minimum absolute atomic E-state index is 0.663. The maximum absolute atomic E-state index is 7.88. The molecule has 0 fully saturated rings. The maximum atomic E-state index is 7.88. The third-order valence-corrected chi connectivity index (χ3v) is 1.17. The van der Waals surface area contributed by atoms with Gasteiger partial charge in [-0.1, -0.05) is 31.3 Å². The molecule has 0 bridgehead atoms. The molecule has 0 aromatic rings. The van der Waals surface area contributed by atoms with Crippen LogP contribution >= 0.6 is 0 Å². The predicted molar refractivity (Wildman–Crippen MR) is 38.2 cm³/mol. The predicted octanol–water partition coefficient (Wildman–Crippen LogP) is 2.88. The van der Waals surface area contributed by atoms with Crippen LogP contribution in [0.1, 0.15) is 32.6 Å². The molecule has 0 aliphatic carbocycles. The van der Waals surface area contributed by atoms with Crippen molar-refractivity contribution < 1.29 is 0 Å². The molecule has 0 atom stereocenters. The van der Waals surface area contributed by atoms with Gasteiger partial charge in [0, 0.05) is 11.5 Å². The van der Waals surface area contributed by atoms with Gasteiger partial charge in [0.15, 0.2) is 0 Å². The second kappa shape index (κ2) is 7.31. The van der Waals surface area contributed by atoms with Crippen LogP contribution in [0.15, 0.2) is 5.11 Å². The molecule has 0 saturated carbocycles. The summed E-state index contributed by atoms with van der Waals surface area (Å²) in [4.78, 5) is 2.66. The fraction of sp³-hybridized carbons (Fsp3) is 1.00. The van der Waals surface area contributed by atoms with E-state index in [-0.39, 0.29) is 0 Å². The van der Waals surface area contributed by atoms with Crippen molar-refractivity contribution in [2.75, 3.05) is 6.54 Å². The lowest BCUT2D eigenvalue weighted by atomic mass is 10.2. The Morgan fingerprint density at radius 3 is 2.67 bits per heavy atom. The van der Waals surface area contributed by atoms with E-state index in [9.17, 15) is 0 Å². The van der Waals surface area contributed by atoms with Gasteiger partial charge in [0.25, 0.3) is 0 Å². The van der Waals surface area contributed by atoms with E-state index in [0.717, 1.165) is 6.42 Å². The molecule has 0 heterocycles. The van der Waals surface area contributed by atoms with Gasteiger partial charge in [-0.05, 0) is 12.0 Å². The summed E-state index contributed by atoms with van der Waals surface area (Å²) in [6.45, 7) is 2.82. The zero-order chi connectivity index (χ0) is 6.95. The minimum Gasteiger partial charge on any atom is -0.0940 e. The molecule has 0 aliphatic heterocycles. The van der Waals surface area contributed by atoms with Crippen molar-refractivity contribution in [3.63, 3.8) is 0 Å². The Balaban J connectivity index is 2.82. The van der Waals surface area contributed by atoms with Crippen molar-refractivity contribution in [2.45, 2.75) is 32.6 Å². The van der Waals surface area contributed by atoms with Gasteiger partial charge in [-0.3, -0.25) is 0 Å². The molecule has 3 heteroatoms. The molecule has 0 unspecified atom stereocenters. The second-order valence-electron chi connectivity index (χ2n) is 2.02. The lowest BCUT2D eigenvalue weighted by molar-refractivity contribution is 0.673. The number of hydrogen-bond acceptors (Lipinski definition) is 1. The van der Waals surface area contributed by atoms with Crippen LogP contribution in [0.5, 0.6) is 0 Å². The Morgan fingerprint density at radius 2 is 2.11 bits per heavy atom. The van der Waals surface area contributed by atoms with E-state index in [2.05, 4.69) is 16.9 Å². The van der Waals surface area contributed by atoms with Crippen LogP contribution in [0.3, 0.4) is 0 Å². The van der Waals surface area contributed by atoms with Gasteiger partial charge in [-0.2, -0.15) is 0 Å². The van der Waals surface area contributed by atoms with Gasteiger partial charge in [-0.25, -0.2) is 0 Å². The van der Waals surface area contributed by atoms with E-state index in [1.54, 1.807) is 0 Å². The van der Waals surface area contributed by atoms with E-state index in [0.29, 0.717) is 6.54 Å². The van der Waals surface area contributed by atoms with Crippen molar-refractivity contribution in [3.05, 3.63) is 10.4 Å². The Labute approximate surface area is 55.7 Å².